The molecule has 10 nitrogen and oxygen atoms in total. The van der Waals surface area contributed by atoms with Crippen LogP contribution in [0.1, 0.15) is 22.4 Å². The van der Waals surface area contributed by atoms with E-state index in [0.717, 1.165) is 96.7 Å². The second-order valence-electron chi connectivity index (χ2n) is 28.0. The average molecular weight is 2350 g/mol. The number of nitrogens with zero attached hydrogens (tertiary/aromatic N) is 10. The Morgan fingerprint density at radius 2 is 0.795 bits per heavy atom. The molecule has 9 heterocycles. The maximum atomic E-state index is 4.55. The Morgan fingerprint density at radius 1 is 0.307 bits per heavy atom. The topological polar surface area (TPSA) is 101 Å². The van der Waals surface area contributed by atoms with Crippen molar-refractivity contribution in [2.24, 2.45) is 0 Å². The van der Waals surface area contributed by atoms with Gasteiger partial charge in [-0.25, -0.2) is 11.1 Å². The zero-order chi connectivity index (χ0) is 84.1. The van der Waals surface area contributed by atoms with Gasteiger partial charge in [-0.2, -0.15) is 65.2 Å². The van der Waals surface area contributed by atoms with E-state index in [9.17, 15) is 0 Å². The molecule has 127 heavy (non-hydrogen) atoms. The van der Waals surface area contributed by atoms with Crippen molar-refractivity contribution in [3.63, 3.8) is 0 Å². The summed E-state index contributed by atoms with van der Waals surface area (Å²) in [5.41, 5.74) is 28.1. The minimum atomic E-state index is 0. The van der Waals surface area contributed by atoms with Crippen LogP contribution in [0.2, 0.25) is 0 Å². The minimum absolute atomic E-state index is 0. The molecule has 0 saturated heterocycles. The monoisotopic (exact) mass is 2350 g/mol. The first-order valence-electron chi connectivity index (χ1n) is 40.4. The summed E-state index contributed by atoms with van der Waals surface area (Å²) in [6.07, 6.45) is 20.0. The molecule has 0 atom stereocenters. The van der Waals surface area contributed by atoms with Crippen LogP contribution in [0.3, 0.4) is 0 Å². The Kier molecular flexibility index (Phi) is 39.0. The molecule has 2 aliphatic rings. The molecular formula is C113H86Ir4N10-8. The van der Waals surface area contributed by atoms with E-state index in [4.69, 9.17) is 0 Å². The molecule has 0 saturated carbocycles. The van der Waals surface area contributed by atoms with Gasteiger partial charge >= 0.3 is 0 Å². The van der Waals surface area contributed by atoms with E-state index in [2.05, 4.69) is 240 Å². The van der Waals surface area contributed by atoms with Crippen molar-refractivity contribution in [1.82, 2.24) is 34.9 Å². The number of para-hydroxylation sites is 2. The fourth-order valence-electron chi connectivity index (χ4n) is 13.2. The van der Waals surface area contributed by atoms with Crippen LogP contribution in [-0.2, 0) is 87.0 Å². The van der Waals surface area contributed by atoms with Gasteiger partial charge in [-0.3, -0.25) is 9.97 Å². The molecule has 0 aliphatic carbocycles. The van der Waals surface area contributed by atoms with Gasteiger partial charge in [-0.15, -0.1) is 204 Å². The van der Waals surface area contributed by atoms with Crippen LogP contribution in [0.5, 0.6) is 0 Å². The molecule has 21 rings (SSSR count). The summed E-state index contributed by atoms with van der Waals surface area (Å²) >= 11 is 0. The van der Waals surface area contributed by atoms with Crippen LogP contribution >= 0.6 is 0 Å². The molecule has 0 fully saturated rings. The molecule has 0 N–H and O–H groups in total. The van der Waals surface area contributed by atoms with Crippen LogP contribution in [0.25, 0.3) is 112 Å². The maximum Gasteiger partial charge on any atom is 0.213 e. The van der Waals surface area contributed by atoms with Crippen molar-refractivity contribution >= 4 is 11.4 Å². The molecule has 4 radical (unpaired) electrons. The first-order valence-corrected chi connectivity index (χ1v) is 40.4. The van der Waals surface area contributed by atoms with Gasteiger partial charge in [0.05, 0.1) is 11.4 Å². The molecular weight excluding hydrogens is 2270 g/mol. The molecule has 0 amide bonds. The largest absolute Gasteiger partial charge is 0.500 e. The molecule has 19 aromatic rings. The van der Waals surface area contributed by atoms with E-state index in [1.54, 1.807) is 24.8 Å². The summed E-state index contributed by atoms with van der Waals surface area (Å²) < 4.78 is 2.30. The van der Waals surface area contributed by atoms with Crippen LogP contribution in [0.4, 0.5) is 11.4 Å². The van der Waals surface area contributed by atoms with Crippen molar-refractivity contribution < 1.29 is 85.0 Å². The van der Waals surface area contributed by atoms with Gasteiger partial charge in [-0.05, 0) is 137 Å². The van der Waals surface area contributed by atoms with Gasteiger partial charge < -0.3 is 34.7 Å². The molecule has 0 bridgehead atoms. The number of aryl methyl sites for hydroxylation is 3. The quantitative estimate of drug-likeness (QED) is 0.0926. The average Bonchev–Trinajstić information content (AvgIpc) is 1.64. The number of aromatic nitrogens is 8. The van der Waals surface area contributed by atoms with Gasteiger partial charge in [0.25, 0.3) is 0 Å². The Bertz CT molecular complexity index is 6020. The van der Waals surface area contributed by atoms with E-state index in [-0.39, 0.29) is 80.4 Å². The van der Waals surface area contributed by atoms with Gasteiger partial charge in [0, 0.05) is 146 Å². The Hall–Kier alpha value is -13.4. The summed E-state index contributed by atoms with van der Waals surface area (Å²) in [6, 6.07) is 153. The zero-order valence-corrected chi connectivity index (χ0v) is 79.4. The summed E-state index contributed by atoms with van der Waals surface area (Å²) in [4.78, 5) is 34.0. The standard InChI is InChI=1S/3C18H14N.C15H12N2.C11H9N2.2C11H8N.C11H7N.4Ir/c1-2-6-14(7-3-1)15-9-10-16-13-19-11-5-4-8-18(19)17(16)12-15;1-14-12-18(16-10-6-3-7-11-16)19-13-17(14)15-8-4-2-5-9-15;1-14-7-5-6-10-17(14)16-11-12-18(19-13-16)15-8-3-2-4-9-15;1-3-7-14(8-4-1)16-11-12-17(13-16)15-9-5-2-6-10-15;1-9-7-8-12-11(13-9)10-5-3-2-4-6-10;2*1-2-6-10(7-3-1)11-8-4-5-9-12-11;1-2-5-10(6-3-1)11-7-4-8-12-9-11;;;;/h1-12H,13H2;2-10,12-13H,1H3;2-8,10-13H,1H3;1-9,11-13H;2-5,7-8H,1H3;2*1-6,8-9H;1-5,7-8H;;;;/q+1;2*-1;-2;3*-1;-2;;;;. The predicted octanol–water partition coefficient (Wildman–Crippen LogP) is 25.8. The maximum absolute atomic E-state index is 4.55. The van der Waals surface area contributed by atoms with Crippen molar-refractivity contribution in [3.05, 3.63) is 528 Å². The molecule has 0 unspecified atom stereocenters. The summed E-state index contributed by atoms with van der Waals surface area (Å²) in [6.45, 7) is 9.22. The van der Waals surface area contributed by atoms with Gasteiger partial charge in [0.1, 0.15) is 0 Å². The number of pyridine rings is 6. The van der Waals surface area contributed by atoms with Crippen molar-refractivity contribution in [2.75, 3.05) is 9.80 Å². The molecule has 632 valence electrons. The Labute approximate surface area is 801 Å². The molecule has 14 heteroatoms. The molecule has 0 spiro atoms. The fraction of sp³-hybridized carbons (Fsp3) is 0.0354. The number of fused-ring (bicyclic) bond motifs is 3. The van der Waals surface area contributed by atoms with E-state index in [0.29, 0.717) is 0 Å². The van der Waals surface area contributed by atoms with Gasteiger partial charge in [-0.1, -0.05) is 170 Å². The van der Waals surface area contributed by atoms with Crippen LogP contribution in [-0.4, -0.2) is 34.9 Å². The smallest absolute Gasteiger partial charge is 0.213 e. The fourth-order valence-corrected chi connectivity index (χ4v) is 13.2. The number of hydrogen-bond donors (Lipinski definition) is 0. The second-order valence-corrected chi connectivity index (χ2v) is 28.0. The summed E-state index contributed by atoms with van der Waals surface area (Å²) in [5.74, 6) is 0.737. The van der Waals surface area contributed by atoms with Gasteiger partial charge in [0.2, 0.25) is 5.69 Å². The normalized spacial score (nSPS) is 10.6. The number of anilines is 2. The first kappa shape index (κ1) is 95.8. The predicted molar refractivity (Wildman–Crippen MR) is 499 cm³/mol. The third-order valence-corrected chi connectivity index (χ3v) is 19.5. The van der Waals surface area contributed by atoms with Crippen LogP contribution < -0.4 is 14.4 Å². The summed E-state index contributed by atoms with van der Waals surface area (Å²) in [7, 11) is 0. The van der Waals surface area contributed by atoms with Crippen molar-refractivity contribution in [2.45, 2.75) is 27.3 Å². The van der Waals surface area contributed by atoms with E-state index < -0.39 is 0 Å². The van der Waals surface area contributed by atoms with Crippen LogP contribution in [0.15, 0.2) is 450 Å². The zero-order valence-electron chi connectivity index (χ0n) is 69.8. The van der Waals surface area contributed by atoms with Gasteiger partial charge in [0.15, 0.2) is 12.7 Å². The van der Waals surface area contributed by atoms with E-state index >= 15 is 0 Å². The number of rotatable bonds is 11. The second kappa shape index (κ2) is 51.7. The van der Waals surface area contributed by atoms with Crippen molar-refractivity contribution in [3.8, 4) is 112 Å². The molecule has 12 aromatic carbocycles. The Morgan fingerprint density at radius 3 is 1.31 bits per heavy atom. The molecule has 2 aliphatic heterocycles. The summed E-state index contributed by atoms with van der Waals surface area (Å²) in [5, 5.41) is 0. The minimum Gasteiger partial charge on any atom is -0.500 e. The third kappa shape index (κ3) is 28.5. The van der Waals surface area contributed by atoms with Crippen molar-refractivity contribution in [1.29, 1.82) is 0 Å². The molecule has 7 aromatic heterocycles. The third-order valence-electron chi connectivity index (χ3n) is 19.5. The number of benzene rings is 12. The van der Waals surface area contributed by atoms with Crippen LogP contribution in [0, 0.1) is 76.1 Å². The Balaban J connectivity index is 0.000000152. The number of hydrogen-bond acceptors (Lipinski definition) is 9. The van der Waals surface area contributed by atoms with E-state index in [1.165, 1.54) is 55.8 Å². The first-order chi connectivity index (χ1) is 60.8. The van der Waals surface area contributed by atoms with E-state index in [1.807, 2.05) is 310 Å². The SMILES string of the molecule is Cc1cc(-c2[c-]cccc2)ncc1-c1ccccc1.Cc1ccccc1-c1ccc(-c2[c-]cccc2)nc1.Cc1ccnc(-c2[c-]cccc2)n1.[Ir].[Ir].[Ir].[Ir].[c-]1ccccc1-c1[c-]nccc1.[c-]1ccccc1-c1ccccn1.[c-]1ccccc1-c1ccccn1.[c-]1ccccc1N1C=CN(c2ccccc2)[CH-]1.c1ccc(-c2ccc3c(c2)-c2cccc[n+]2C3)cc1.